The fourth-order valence-corrected chi connectivity index (χ4v) is 3.12. The highest BCUT2D eigenvalue weighted by Crippen LogP contribution is 2.16. The van der Waals surface area contributed by atoms with E-state index in [0.29, 0.717) is 18.1 Å². The minimum absolute atomic E-state index is 0.251. The van der Waals surface area contributed by atoms with E-state index in [-0.39, 0.29) is 11.9 Å². The molecule has 0 radical (unpaired) electrons. The molecule has 3 heterocycles. The highest BCUT2D eigenvalue weighted by Gasteiger charge is 2.21. The Morgan fingerprint density at radius 2 is 2.20 bits per heavy atom. The summed E-state index contributed by atoms with van der Waals surface area (Å²) in [6.45, 7) is 5.02. The molecule has 0 saturated carbocycles. The maximum atomic E-state index is 14.1. The summed E-state index contributed by atoms with van der Waals surface area (Å²) >= 11 is 0. The number of rotatable bonds is 4. The highest BCUT2D eigenvalue weighted by molar-refractivity contribution is 5.36. The maximum Gasteiger partial charge on any atom is 0.170 e. The van der Waals surface area contributed by atoms with Crippen LogP contribution in [-0.4, -0.2) is 41.0 Å². The van der Waals surface area contributed by atoms with Crippen LogP contribution in [0.1, 0.15) is 29.5 Å². The maximum absolute atomic E-state index is 14.1. The van der Waals surface area contributed by atoms with E-state index in [0.717, 1.165) is 36.6 Å². The van der Waals surface area contributed by atoms with Crippen LogP contribution in [0.25, 0.3) is 5.69 Å². The molecule has 130 valence electrons. The Hall–Kier alpha value is -2.68. The molecule has 1 aliphatic rings. The number of fused-ring (bicyclic) bond motifs is 1. The van der Waals surface area contributed by atoms with E-state index in [9.17, 15) is 4.39 Å². The second kappa shape index (κ2) is 6.32. The molecule has 4 rings (SSSR count). The van der Waals surface area contributed by atoms with Crippen LogP contribution in [0.2, 0.25) is 0 Å². The van der Waals surface area contributed by atoms with Crippen molar-refractivity contribution in [2.45, 2.75) is 45.8 Å². The second-order valence-corrected chi connectivity index (χ2v) is 6.34. The number of nitrogens with one attached hydrogen (secondary N) is 1. The van der Waals surface area contributed by atoms with Crippen molar-refractivity contribution in [1.82, 2.24) is 40.3 Å². The Labute approximate surface area is 144 Å². The summed E-state index contributed by atoms with van der Waals surface area (Å²) in [5, 5.41) is 19.5. The van der Waals surface area contributed by atoms with Gasteiger partial charge in [-0.25, -0.2) is 14.1 Å². The molecule has 1 atom stereocenters. The summed E-state index contributed by atoms with van der Waals surface area (Å²) in [7, 11) is 0. The van der Waals surface area contributed by atoms with Crippen LogP contribution in [0.4, 0.5) is 4.39 Å². The topological polar surface area (TPSA) is 86.3 Å². The van der Waals surface area contributed by atoms with E-state index in [1.807, 2.05) is 18.5 Å². The van der Waals surface area contributed by atoms with Crippen LogP contribution < -0.4 is 5.32 Å². The lowest BCUT2D eigenvalue weighted by molar-refractivity contribution is 0.353. The zero-order valence-corrected chi connectivity index (χ0v) is 14.1. The Balaban J connectivity index is 1.48. The van der Waals surface area contributed by atoms with Gasteiger partial charge < -0.3 is 5.32 Å². The standard InChI is InChI=1S/C16H19FN8/c1-10-3-5-13(17)14(7-10)25-16(20-22-23-25)8-18-12-4-6-15-19-11(2)21-24(15)9-12/h3,5,7,12,18H,4,6,8-9H2,1-2H3/t12-/m0/s1. The van der Waals surface area contributed by atoms with Gasteiger partial charge in [-0.15, -0.1) is 5.10 Å². The monoisotopic (exact) mass is 342 g/mol. The molecule has 25 heavy (non-hydrogen) atoms. The summed E-state index contributed by atoms with van der Waals surface area (Å²) in [4.78, 5) is 4.41. The van der Waals surface area contributed by atoms with Crippen molar-refractivity contribution in [3.8, 4) is 5.69 Å². The van der Waals surface area contributed by atoms with Gasteiger partial charge in [0.15, 0.2) is 5.82 Å². The van der Waals surface area contributed by atoms with E-state index >= 15 is 0 Å². The van der Waals surface area contributed by atoms with Crippen LogP contribution in [0.3, 0.4) is 0 Å². The van der Waals surface area contributed by atoms with Crippen molar-refractivity contribution in [2.24, 2.45) is 0 Å². The molecule has 0 fully saturated rings. The average Bonchev–Trinajstić information content (AvgIpc) is 3.19. The van der Waals surface area contributed by atoms with Gasteiger partial charge in [0.25, 0.3) is 0 Å². The van der Waals surface area contributed by atoms with Crippen LogP contribution in [0, 0.1) is 19.7 Å². The van der Waals surface area contributed by atoms with E-state index < -0.39 is 0 Å². The Morgan fingerprint density at radius 3 is 3.08 bits per heavy atom. The van der Waals surface area contributed by atoms with Crippen molar-refractivity contribution >= 4 is 0 Å². The van der Waals surface area contributed by atoms with E-state index in [1.165, 1.54) is 10.7 Å². The van der Waals surface area contributed by atoms with Crippen LogP contribution in [0.15, 0.2) is 18.2 Å². The highest BCUT2D eigenvalue weighted by atomic mass is 19.1. The average molecular weight is 342 g/mol. The number of aromatic nitrogens is 7. The number of nitrogens with zero attached hydrogens (tertiary/aromatic N) is 7. The Morgan fingerprint density at radius 1 is 1.32 bits per heavy atom. The fourth-order valence-electron chi connectivity index (χ4n) is 3.12. The van der Waals surface area contributed by atoms with Gasteiger partial charge in [0.1, 0.15) is 23.2 Å². The van der Waals surface area contributed by atoms with Crippen LogP contribution in [0.5, 0.6) is 0 Å². The number of benzene rings is 1. The Kier molecular flexibility index (Phi) is 4.00. The molecule has 0 spiro atoms. The lowest BCUT2D eigenvalue weighted by Crippen LogP contribution is -2.38. The van der Waals surface area contributed by atoms with Crippen molar-refractivity contribution < 1.29 is 4.39 Å². The number of halogens is 1. The lowest BCUT2D eigenvalue weighted by Gasteiger charge is -2.23. The summed E-state index contributed by atoms with van der Waals surface area (Å²) < 4.78 is 17.5. The molecule has 8 nitrogen and oxygen atoms in total. The first-order valence-corrected chi connectivity index (χ1v) is 8.27. The predicted octanol–water partition coefficient (Wildman–Crippen LogP) is 1.11. The van der Waals surface area contributed by atoms with Crippen LogP contribution in [-0.2, 0) is 19.5 Å². The van der Waals surface area contributed by atoms with E-state index in [2.05, 4.69) is 30.9 Å². The molecule has 0 bridgehead atoms. The first-order valence-electron chi connectivity index (χ1n) is 8.27. The van der Waals surface area contributed by atoms with Gasteiger partial charge >= 0.3 is 0 Å². The van der Waals surface area contributed by atoms with Crippen molar-refractivity contribution in [2.75, 3.05) is 0 Å². The van der Waals surface area contributed by atoms with Crippen molar-refractivity contribution in [1.29, 1.82) is 0 Å². The number of hydrogen-bond donors (Lipinski definition) is 1. The molecular weight excluding hydrogens is 323 g/mol. The summed E-state index contributed by atoms with van der Waals surface area (Å²) in [5.74, 6) is 2.06. The number of hydrogen-bond acceptors (Lipinski definition) is 6. The van der Waals surface area contributed by atoms with Gasteiger partial charge in [-0.05, 0) is 48.4 Å². The summed E-state index contributed by atoms with van der Waals surface area (Å²) in [6.07, 6.45) is 1.86. The minimum Gasteiger partial charge on any atom is -0.305 e. The number of aryl methyl sites for hydroxylation is 3. The van der Waals surface area contributed by atoms with Gasteiger partial charge in [-0.3, -0.25) is 0 Å². The SMILES string of the molecule is Cc1ccc(F)c(-n2nnnc2CN[C@H]2CCc3nc(C)nn3C2)c1. The molecule has 0 amide bonds. The van der Waals surface area contributed by atoms with E-state index in [4.69, 9.17) is 0 Å². The fraction of sp³-hybridized carbons (Fsp3) is 0.438. The molecule has 0 saturated heterocycles. The zero-order valence-electron chi connectivity index (χ0n) is 14.1. The normalized spacial score (nSPS) is 16.8. The van der Waals surface area contributed by atoms with Crippen molar-refractivity contribution in [3.63, 3.8) is 0 Å². The minimum atomic E-state index is -0.348. The van der Waals surface area contributed by atoms with Gasteiger partial charge in [0.2, 0.25) is 0 Å². The van der Waals surface area contributed by atoms with Gasteiger partial charge in [0, 0.05) is 12.5 Å². The zero-order chi connectivity index (χ0) is 17.4. The molecule has 1 aliphatic heterocycles. The van der Waals surface area contributed by atoms with E-state index in [1.54, 1.807) is 12.1 Å². The molecule has 1 N–H and O–H groups in total. The van der Waals surface area contributed by atoms with Crippen LogP contribution >= 0.6 is 0 Å². The van der Waals surface area contributed by atoms with Gasteiger partial charge in [-0.2, -0.15) is 9.78 Å². The molecule has 9 heteroatoms. The largest absolute Gasteiger partial charge is 0.305 e. The molecular formula is C16H19FN8. The second-order valence-electron chi connectivity index (χ2n) is 6.34. The molecule has 2 aromatic heterocycles. The molecule has 0 unspecified atom stereocenters. The third-order valence-electron chi connectivity index (χ3n) is 4.38. The van der Waals surface area contributed by atoms with Gasteiger partial charge in [0.05, 0.1) is 13.1 Å². The molecule has 1 aromatic carbocycles. The van der Waals surface area contributed by atoms with Gasteiger partial charge in [-0.1, -0.05) is 6.07 Å². The quantitative estimate of drug-likeness (QED) is 0.764. The van der Waals surface area contributed by atoms with Crippen molar-refractivity contribution in [3.05, 3.63) is 47.1 Å². The summed E-state index contributed by atoms with van der Waals surface area (Å²) in [5.41, 5.74) is 1.31. The first kappa shape index (κ1) is 15.8. The Bertz CT molecular complexity index is 899. The molecule has 3 aromatic rings. The third kappa shape index (κ3) is 3.14. The number of tetrazole rings is 1. The lowest BCUT2D eigenvalue weighted by atomic mass is 10.1. The summed E-state index contributed by atoms with van der Waals surface area (Å²) in [6, 6.07) is 5.14. The molecule has 0 aliphatic carbocycles. The predicted molar refractivity (Wildman–Crippen MR) is 87.6 cm³/mol. The smallest absolute Gasteiger partial charge is 0.170 e. The first-order chi connectivity index (χ1) is 12.1. The third-order valence-corrected chi connectivity index (χ3v) is 4.38.